The highest BCUT2D eigenvalue weighted by Crippen LogP contribution is 2.31. The molecule has 2 aromatic rings. The lowest BCUT2D eigenvalue weighted by Gasteiger charge is -2.09. The van der Waals surface area contributed by atoms with E-state index in [4.69, 9.17) is 9.47 Å². The molecule has 0 aliphatic rings. The van der Waals surface area contributed by atoms with Gasteiger partial charge < -0.3 is 9.47 Å². The van der Waals surface area contributed by atoms with Gasteiger partial charge in [-0.25, -0.2) is 0 Å². The molecule has 0 unspecified atom stereocenters. The Balaban J connectivity index is 2.43. The quantitative estimate of drug-likeness (QED) is 0.400. The zero-order valence-electron chi connectivity index (χ0n) is 15.0. The molecule has 0 bridgehead atoms. The second-order valence-electron chi connectivity index (χ2n) is 5.76. The molecule has 146 valence electrons. The molecule has 10 heteroatoms. The minimum absolute atomic E-state index is 0.199. The fourth-order valence-corrected chi connectivity index (χ4v) is 2.43. The predicted octanol–water partition coefficient (Wildman–Crippen LogP) is 3.30. The van der Waals surface area contributed by atoms with E-state index in [9.17, 15) is 29.8 Å². The minimum atomic E-state index is -0.619. The first-order valence-corrected chi connectivity index (χ1v) is 8.00. The summed E-state index contributed by atoms with van der Waals surface area (Å²) in [7, 11) is 0. The van der Waals surface area contributed by atoms with Crippen LogP contribution in [0.15, 0.2) is 36.4 Å². The highest BCUT2D eigenvalue weighted by atomic mass is 16.6. The van der Waals surface area contributed by atoms with Gasteiger partial charge in [0.2, 0.25) is 0 Å². The van der Waals surface area contributed by atoms with Crippen molar-refractivity contribution in [1.82, 2.24) is 0 Å². The second-order valence-corrected chi connectivity index (χ2v) is 5.76. The Kier molecular flexibility index (Phi) is 6.38. The number of carbonyl (C=O) groups excluding carboxylic acids is 2. The Hall–Kier alpha value is -3.82. The van der Waals surface area contributed by atoms with Gasteiger partial charge in [0, 0.05) is 26.0 Å². The Morgan fingerprint density at radius 1 is 0.786 bits per heavy atom. The van der Waals surface area contributed by atoms with Crippen LogP contribution in [0.2, 0.25) is 0 Å². The van der Waals surface area contributed by atoms with Crippen molar-refractivity contribution in [3.63, 3.8) is 0 Å². The van der Waals surface area contributed by atoms with Gasteiger partial charge in [0.1, 0.15) is 13.2 Å². The summed E-state index contributed by atoms with van der Waals surface area (Å²) in [5.41, 5.74) is 0.603. The van der Waals surface area contributed by atoms with E-state index in [-0.39, 0.29) is 35.7 Å². The van der Waals surface area contributed by atoms with Crippen LogP contribution in [0.5, 0.6) is 0 Å². The van der Waals surface area contributed by atoms with Crippen LogP contribution in [0.3, 0.4) is 0 Å². The van der Waals surface area contributed by atoms with Crippen molar-refractivity contribution >= 4 is 23.3 Å². The summed E-state index contributed by atoms with van der Waals surface area (Å²) in [5.74, 6) is -1.14. The maximum absolute atomic E-state index is 11.3. The van der Waals surface area contributed by atoms with Crippen LogP contribution in [-0.2, 0) is 32.3 Å². The van der Waals surface area contributed by atoms with Gasteiger partial charge in [0.15, 0.2) is 0 Å². The summed E-state index contributed by atoms with van der Waals surface area (Å²) in [6, 6.07) is 8.44. The van der Waals surface area contributed by atoms with E-state index >= 15 is 0 Å². The number of ether oxygens (including phenoxy) is 2. The fourth-order valence-electron chi connectivity index (χ4n) is 2.43. The van der Waals surface area contributed by atoms with Crippen LogP contribution in [0.4, 0.5) is 11.4 Å². The SMILES string of the molecule is CC(=O)OCc1ccc(-c2ccc(COC(C)=O)c([N+](=O)[O-])c2)cc1[N+](=O)[O-]. The zero-order chi connectivity index (χ0) is 20.8. The lowest BCUT2D eigenvalue weighted by atomic mass is 10.00. The number of esters is 2. The van der Waals surface area contributed by atoms with Crippen LogP contribution >= 0.6 is 0 Å². The molecule has 2 rings (SSSR count). The van der Waals surface area contributed by atoms with Gasteiger partial charge in [0.25, 0.3) is 11.4 Å². The van der Waals surface area contributed by atoms with E-state index < -0.39 is 21.8 Å². The van der Waals surface area contributed by atoms with Gasteiger partial charge in [-0.15, -0.1) is 0 Å². The molecular weight excluding hydrogens is 372 g/mol. The normalized spacial score (nSPS) is 10.2. The van der Waals surface area contributed by atoms with Crippen LogP contribution < -0.4 is 0 Å². The molecule has 0 saturated heterocycles. The topological polar surface area (TPSA) is 139 Å². The highest BCUT2D eigenvalue weighted by Gasteiger charge is 2.19. The highest BCUT2D eigenvalue weighted by molar-refractivity contribution is 5.71. The second kappa shape index (κ2) is 8.71. The maximum Gasteiger partial charge on any atom is 0.302 e. The number of hydrogen-bond acceptors (Lipinski definition) is 8. The van der Waals surface area contributed by atoms with E-state index in [0.29, 0.717) is 11.1 Å². The van der Waals surface area contributed by atoms with Crippen LogP contribution in [0.1, 0.15) is 25.0 Å². The Bertz CT molecular complexity index is 877. The third-order valence-electron chi connectivity index (χ3n) is 3.76. The fraction of sp³-hybridized carbons (Fsp3) is 0.222. The number of benzene rings is 2. The summed E-state index contributed by atoms with van der Waals surface area (Å²) in [4.78, 5) is 43.3. The standard InChI is InChI=1S/C18H16N2O8/c1-11(21)27-9-15-5-3-13(7-17(15)19(23)24)14-4-6-16(10-28-12(2)22)18(8-14)20(25)26/h3-8H,9-10H2,1-2H3. The summed E-state index contributed by atoms with van der Waals surface area (Å²) in [6.45, 7) is 1.87. The first-order chi connectivity index (χ1) is 13.2. The van der Waals surface area contributed by atoms with Crippen LogP contribution in [0.25, 0.3) is 11.1 Å². The molecule has 0 radical (unpaired) electrons. The van der Waals surface area contributed by atoms with Crippen LogP contribution in [0, 0.1) is 20.2 Å². The molecule has 10 nitrogen and oxygen atoms in total. The molecule has 0 heterocycles. The number of nitrogens with zero attached hydrogens (tertiary/aromatic N) is 2. The summed E-state index contributed by atoms with van der Waals surface area (Å²) < 4.78 is 9.61. The van der Waals surface area contributed by atoms with E-state index in [1.54, 1.807) is 0 Å². The van der Waals surface area contributed by atoms with Gasteiger partial charge in [0.05, 0.1) is 21.0 Å². The number of nitro groups is 2. The Morgan fingerprint density at radius 3 is 1.43 bits per heavy atom. The lowest BCUT2D eigenvalue weighted by molar-refractivity contribution is -0.386. The van der Waals surface area contributed by atoms with Crippen molar-refractivity contribution < 1.29 is 28.9 Å². The van der Waals surface area contributed by atoms with E-state index in [0.717, 1.165) is 0 Å². The third kappa shape index (κ3) is 5.10. The number of hydrogen-bond donors (Lipinski definition) is 0. The molecule has 0 aliphatic carbocycles. The largest absolute Gasteiger partial charge is 0.461 e. The summed E-state index contributed by atoms with van der Waals surface area (Å²) in [5, 5.41) is 22.7. The average molecular weight is 388 g/mol. The first-order valence-electron chi connectivity index (χ1n) is 8.00. The Morgan fingerprint density at radius 2 is 1.14 bits per heavy atom. The van der Waals surface area contributed by atoms with Gasteiger partial charge in [-0.3, -0.25) is 29.8 Å². The van der Waals surface area contributed by atoms with Crippen molar-refractivity contribution in [3.05, 3.63) is 67.8 Å². The number of nitro benzene ring substituents is 2. The summed E-state index contributed by atoms with van der Waals surface area (Å²) >= 11 is 0. The van der Waals surface area contributed by atoms with Gasteiger partial charge in [-0.05, 0) is 23.3 Å². The average Bonchev–Trinajstić information content (AvgIpc) is 2.64. The number of rotatable bonds is 7. The van der Waals surface area contributed by atoms with Crippen molar-refractivity contribution in [2.24, 2.45) is 0 Å². The van der Waals surface area contributed by atoms with Crippen molar-refractivity contribution in [1.29, 1.82) is 0 Å². The minimum Gasteiger partial charge on any atom is -0.461 e. The molecular formula is C18H16N2O8. The molecule has 0 aromatic heterocycles. The molecule has 0 fully saturated rings. The molecule has 28 heavy (non-hydrogen) atoms. The molecule has 0 atom stereocenters. The van der Waals surface area contributed by atoms with E-state index in [1.165, 1.54) is 50.2 Å². The third-order valence-corrected chi connectivity index (χ3v) is 3.76. The Labute approximate surface area is 159 Å². The molecule has 2 aromatic carbocycles. The van der Waals surface area contributed by atoms with Gasteiger partial charge >= 0.3 is 11.9 Å². The predicted molar refractivity (Wildman–Crippen MR) is 96.1 cm³/mol. The first kappa shape index (κ1) is 20.5. The maximum atomic E-state index is 11.3. The zero-order valence-corrected chi connectivity index (χ0v) is 15.0. The van der Waals surface area contributed by atoms with E-state index in [1.807, 2.05) is 0 Å². The van der Waals surface area contributed by atoms with Crippen molar-refractivity contribution in [3.8, 4) is 11.1 Å². The molecule has 0 aliphatic heterocycles. The van der Waals surface area contributed by atoms with Crippen molar-refractivity contribution in [2.75, 3.05) is 0 Å². The monoisotopic (exact) mass is 388 g/mol. The summed E-state index contributed by atoms with van der Waals surface area (Å²) in [6.07, 6.45) is 0. The molecule has 0 N–H and O–H groups in total. The number of carbonyl (C=O) groups is 2. The molecule has 0 saturated carbocycles. The molecule has 0 spiro atoms. The van der Waals surface area contributed by atoms with Crippen molar-refractivity contribution in [2.45, 2.75) is 27.1 Å². The lowest BCUT2D eigenvalue weighted by Crippen LogP contribution is -2.03. The van der Waals surface area contributed by atoms with Crippen LogP contribution in [-0.4, -0.2) is 21.8 Å². The van der Waals surface area contributed by atoms with E-state index in [2.05, 4.69) is 0 Å². The smallest absolute Gasteiger partial charge is 0.302 e. The molecule has 0 amide bonds. The van der Waals surface area contributed by atoms with Gasteiger partial charge in [-0.2, -0.15) is 0 Å². The van der Waals surface area contributed by atoms with Gasteiger partial charge in [-0.1, -0.05) is 12.1 Å².